The number of carboxylic acids is 1. The summed E-state index contributed by atoms with van der Waals surface area (Å²) < 4.78 is 30.8. The molecule has 0 fully saturated rings. The Kier molecular flexibility index (Phi) is 7.30. The zero-order valence-electron chi connectivity index (χ0n) is 19.3. The number of benzene rings is 2. The van der Waals surface area contributed by atoms with Crippen LogP contribution in [0.1, 0.15) is 27.2 Å². The number of nitrogens with one attached hydrogen (secondary N) is 1. The van der Waals surface area contributed by atoms with Gasteiger partial charge in [-0.3, -0.25) is 14.2 Å². The smallest absolute Gasteiger partial charge is 0.330 e. The predicted octanol–water partition coefficient (Wildman–Crippen LogP) is 1.22. The molecule has 0 unspecified atom stereocenters. The second-order valence-corrected chi connectivity index (χ2v) is 8.07. The normalized spacial score (nSPS) is 11.8. The number of hydrogen-bond acceptors (Lipinski definition) is 5. The minimum Gasteiger partial charge on any atom is -0.480 e. The van der Waals surface area contributed by atoms with Gasteiger partial charge in [-0.15, -0.1) is 0 Å². The van der Waals surface area contributed by atoms with E-state index in [4.69, 9.17) is 5.73 Å². The largest absolute Gasteiger partial charge is 0.480 e. The Bertz CT molecular complexity index is 1400. The fraction of sp³-hybridized carbons (Fsp3) is 0.250. The number of nitrogens with two attached hydrogens (primary N) is 1. The van der Waals surface area contributed by atoms with Crippen LogP contribution < -0.4 is 22.3 Å². The quantitative estimate of drug-likeness (QED) is 0.460. The summed E-state index contributed by atoms with van der Waals surface area (Å²) in [5.41, 5.74) is 5.46. The fourth-order valence-electron chi connectivity index (χ4n) is 3.71. The molecule has 11 heteroatoms. The highest BCUT2D eigenvalue weighted by molar-refractivity contribution is 5.97. The van der Waals surface area contributed by atoms with Crippen LogP contribution in [0, 0.1) is 18.6 Å². The zero-order chi connectivity index (χ0) is 26.0. The van der Waals surface area contributed by atoms with E-state index in [1.165, 1.54) is 11.6 Å². The molecule has 0 aliphatic rings. The highest BCUT2D eigenvalue weighted by atomic mass is 19.1. The second-order valence-electron chi connectivity index (χ2n) is 8.07. The van der Waals surface area contributed by atoms with Gasteiger partial charge in [-0.25, -0.2) is 18.4 Å². The Balaban J connectivity index is 1.86. The molecule has 184 valence electrons. The van der Waals surface area contributed by atoms with E-state index in [-0.39, 0.29) is 18.5 Å². The van der Waals surface area contributed by atoms with Gasteiger partial charge in [-0.2, -0.15) is 0 Å². The van der Waals surface area contributed by atoms with E-state index in [1.54, 1.807) is 38.2 Å². The molecule has 1 amide bonds. The lowest BCUT2D eigenvalue weighted by Crippen LogP contribution is -2.43. The van der Waals surface area contributed by atoms with Crippen molar-refractivity contribution in [2.24, 2.45) is 19.8 Å². The standard InChI is InChI=1S/C24H24F2N4O5/c1-12-19(22(32)30(3)24(35)29(12)2)15-6-4-13(5-7-15)10-18(23(33)34)28-21(31)20-16(25)8-14(11-27)9-17(20)26/h4-9,18H,10-11,27H2,1-3H3,(H,28,31)(H,33,34)/t18-/m0/s1. The average molecular weight is 486 g/mol. The first kappa shape index (κ1) is 25.5. The van der Waals surface area contributed by atoms with Gasteiger partial charge in [0.05, 0.1) is 5.56 Å². The molecule has 1 atom stereocenters. The van der Waals surface area contributed by atoms with Crippen molar-refractivity contribution in [2.45, 2.75) is 25.9 Å². The van der Waals surface area contributed by atoms with E-state index in [1.807, 2.05) is 0 Å². The molecule has 2 aromatic carbocycles. The fourth-order valence-corrected chi connectivity index (χ4v) is 3.71. The van der Waals surface area contributed by atoms with Gasteiger partial charge >= 0.3 is 11.7 Å². The molecule has 4 N–H and O–H groups in total. The predicted molar refractivity (Wildman–Crippen MR) is 124 cm³/mol. The molecular weight excluding hydrogens is 462 g/mol. The van der Waals surface area contributed by atoms with Gasteiger partial charge in [0.1, 0.15) is 23.2 Å². The first-order chi connectivity index (χ1) is 16.5. The van der Waals surface area contributed by atoms with Gasteiger partial charge in [0.25, 0.3) is 11.5 Å². The number of aliphatic carboxylic acids is 1. The number of aromatic nitrogens is 2. The van der Waals surface area contributed by atoms with Gasteiger partial charge in [0.2, 0.25) is 0 Å². The number of carboxylic acid groups (broad SMARTS) is 1. The molecule has 35 heavy (non-hydrogen) atoms. The summed E-state index contributed by atoms with van der Waals surface area (Å²) in [6, 6.07) is 6.67. The summed E-state index contributed by atoms with van der Waals surface area (Å²) >= 11 is 0. The summed E-state index contributed by atoms with van der Waals surface area (Å²) in [6.45, 7) is 1.51. The van der Waals surface area contributed by atoms with Crippen LogP contribution in [-0.4, -0.2) is 32.2 Å². The van der Waals surface area contributed by atoms with Gasteiger partial charge in [0.15, 0.2) is 0 Å². The number of halogens is 2. The van der Waals surface area contributed by atoms with Crippen molar-refractivity contribution < 1.29 is 23.5 Å². The number of carbonyl (C=O) groups excluding carboxylic acids is 1. The highest BCUT2D eigenvalue weighted by Gasteiger charge is 2.25. The number of hydrogen-bond donors (Lipinski definition) is 3. The molecule has 0 saturated carbocycles. The number of nitrogens with zero attached hydrogens (tertiary/aromatic N) is 2. The van der Waals surface area contributed by atoms with Gasteiger partial charge in [-0.05, 0) is 35.7 Å². The van der Waals surface area contributed by atoms with Crippen molar-refractivity contribution in [2.75, 3.05) is 0 Å². The molecule has 0 aliphatic carbocycles. The highest BCUT2D eigenvalue weighted by Crippen LogP contribution is 2.20. The van der Waals surface area contributed by atoms with E-state index in [0.29, 0.717) is 22.4 Å². The molecule has 3 rings (SSSR count). The Hall–Kier alpha value is -4.12. The Morgan fingerprint density at radius 2 is 1.60 bits per heavy atom. The number of amides is 1. The van der Waals surface area contributed by atoms with E-state index in [0.717, 1.165) is 16.7 Å². The molecule has 3 aromatic rings. The lowest BCUT2D eigenvalue weighted by molar-refractivity contribution is -0.139. The Labute approximate surface area is 198 Å². The monoisotopic (exact) mass is 486 g/mol. The molecule has 0 spiro atoms. The molecule has 0 radical (unpaired) electrons. The SMILES string of the molecule is Cc1c(-c2ccc(C[C@H](NC(=O)c3c(F)cc(CN)cc3F)C(=O)O)cc2)c(=O)n(C)c(=O)n1C. The van der Waals surface area contributed by atoms with Gasteiger partial charge < -0.3 is 20.7 Å². The molecule has 1 heterocycles. The summed E-state index contributed by atoms with van der Waals surface area (Å²) in [5, 5.41) is 11.7. The summed E-state index contributed by atoms with van der Waals surface area (Å²) in [7, 11) is 2.92. The minimum absolute atomic E-state index is 0.131. The topological polar surface area (TPSA) is 136 Å². The maximum Gasteiger partial charge on any atom is 0.330 e. The lowest BCUT2D eigenvalue weighted by Gasteiger charge is -2.16. The Morgan fingerprint density at radius 3 is 2.11 bits per heavy atom. The Morgan fingerprint density at radius 1 is 1.03 bits per heavy atom. The van der Waals surface area contributed by atoms with Crippen LogP contribution in [0.25, 0.3) is 11.1 Å². The van der Waals surface area contributed by atoms with E-state index < -0.39 is 46.4 Å². The van der Waals surface area contributed by atoms with Crippen molar-refractivity contribution in [1.82, 2.24) is 14.5 Å². The average Bonchev–Trinajstić information content (AvgIpc) is 2.81. The van der Waals surface area contributed by atoms with Gasteiger partial charge in [-0.1, -0.05) is 24.3 Å². The summed E-state index contributed by atoms with van der Waals surface area (Å²) in [5.74, 6) is -4.90. The zero-order valence-corrected chi connectivity index (χ0v) is 19.3. The summed E-state index contributed by atoms with van der Waals surface area (Å²) in [4.78, 5) is 48.9. The number of carbonyl (C=O) groups is 2. The molecule has 0 aliphatic heterocycles. The van der Waals surface area contributed by atoms with Crippen LogP contribution >= 0.6 is 0 Å². The molecular formula is C24H24F2N4O5. The van der Waals surface area contributed by atoms with E-state index >= 15 is 0 Å². The van der Waals surface area contributed by atoms with E-state index in [2.05, 4.69) is 5.32 Å². The first-order valence-corrected chi connectivity index (χ1v) is 10.5. The van der Waals surface area contributed by atoms with Crippen LogP contribution in [0.15, 0.2) is 46.0 Å². The molecule has 0 saturated heterocycles. The van der Waals surface area contributed by atoms with Crippen LogP contribution in [0.4, 0.5) is 8.78 Å². The first-order valence-electron chi connectivity index (χ1n) is 10.5. The third-order valence-corrected chi connectivity index (χ3v) is 5.81. The third kappa shape index (κ3) is 5.04. The maximum atomic E-state index is 14.2. The molecule has 1 aromatic heterocycles. The lowest BCUT2D eigenvalue weighted by atomic mass is 10.00. The van der Waals surface area contributed by atoms with Crippen molar-refractivity contribution in [3.8, 4) is 11.1 Å². The van der Waals surface area contributed by atoms with Crippen molar-refractivity contribution >= 4 is 11.9 Å². The van der Waals surface area contributed by atoms with E-state index in [9.17, 15) is 33.1 Å². The molecule has 0 bridgehead atoms. The summed E-state index contributed by atoms with van der Waals surface area (Å²) in [6.07, 6.45) is -0.185. The van der Waals surface area contributed by atoms with Crippen molar-refractivity contribution in [3.63, 3.8) is 0 Å². The van der Waals surface area contributed by atoms with Crippen molar-refractivity contribution in [1.29, 1.82) is 0 Å². The third-order valence-electron chi connectivity index (χ3n) is 5.81. The second kappa shape index (κ2) is 10.0. The van der Waals surface area contributed by atoms with Gasteiger partial charge in [0, 0.05) is 32.8 Å². The van der Waals surface area contributed by atoms with Crippen LogP contribution in [0.3, 0.4) is 0 Å². The van der Waals surface area contributed by atoms with Crippen LogP contribution in [0.5, 0.6) is 0 Å². The molecule has 9 nitrogen and oxygen atoms in total. The van der Waals surface area contributed by atoms with Crippen LogP contribution in [0.2, 0.25) is 0 Å². The number of rotatable bonds is 7. The minimum atomic E-state index is -1.48. The van der Waals surface area contributed by atoms with Crippen LogP contribution in [-0.2, 0) is 31.9 Å². The van der Waals surface area contributed by atoms with Crippen molar-refractivity contribution in [3.05, 3.63) is 91.3 Å². The maximum absolute atomic E-state index is 14.2.